The Kier molecular flexibility index (Phi) is 3.86. The lowest BCUT2D eigenvalue weighted by Gasteiger charge is -2.21. The molecule has 0 radical (unpaired) electrons. The minimum atomic E-state index is -1.01. The monoisotopic (exact) mass is 335 g/mol. The van der Waals surface area contributed by atoms with Gasteiger partial charge in [0.25, 0.3) is 0 Å². The van der Waals surface area contributed by atoms with Gasteiger partial charge in [-0.25, -0.2) is 0 Å². The first kappa shape index (κ1) is 15.6. The second-order valence-corrected chi connectivity index (χ2v) is 6.24. The largest absolute Gasteiger partial charge is 0.481 e. The number of carbonyl (C=O) groups excluding carboxylic acids is 1. The molecule has 0 aromatic heterocycles. The summed E-state index contributed by atoms with van der Waals surface area (Å²) in [4.78, 5) is 24.4. The number of anilines is 1. The van der Waals surface area contributed by atoms with Crippen molar-refractivity contribution in [1.82, 2.24) is 0 Å². The predicted molar refractivity (Wildman–Crippen MR) is 92.9 cm³/mol. The average molecular weight is 335 g/mol. The molecule has 4 rings (SSSR count). The maximum atomic E-state index is 12.8. The molecule has 5 heteroatoms. The molecule has 0 unspecified atom stereocenters. The Bertz CT molecular complexity index is 846. The van der Waals surface area contributed by atoms with Gasteiger partial charge in [-0.15, -0.1) is 0 Å². The van der Waals surface area contributed by atoms with Crippen LogP contribution in [0.1, 0.15) is 0 Å². The summed E-state index contributed by atoms with van der Waals surface area (Å²) in [6, 6.07) is 17.2. The van der Waals surface area contributed by atoms with E-state index in [0.717, 1.165) is 11.1 Å². The van der Waals surface area contributed by atoms with Crippen molar-refractivity contribution >= 4 is 17.6 Å². The fraction of sp³-hybridized carbons (Fsp3) is 0.200. The zero-order valence-electron chi connectivity index (χ0n) is 13.3. The van der Waals surface area contributed by atoms with Crippen LogP contribution in [0.2, 0.25) is 0 Å². The smallest absolute Gasteiger partial charge is 0.310 e. The molecular formula is C20H17NO4. The van der Waals surface area contributed by atoms with E-state index in [9.17, 15) is 14.7 Å². The molecule has 1 fully saturated rings. The molecule has 1 saturated heterocycles. The van der Waals surface area contributed by atoms with Gasteiger partial charge in [0.05, 0.1) is 18.1 Å². The molecule has 2 bridgehead atoms. The SMILES string of the molecule is O=C(Nc1ccccc1-c1ccccc1)[C@@H]1[C@@H](C(=O)O)[C@H]2C=C[C@@H]1O2. The van der Waals surface area contributed by atoms with Crippen LogP contribution in [0.5, 0.6) is 0 Å². The molecule has 2 aromatic rings. The van der Waals surface area contributed by atoms with Gasteiger partial charge in [-0.2, -0.15) is 0 Å². The van der Waals surface area contributed by atoms with Gasteiger partial charge in [0.1, 0.15) is 5.92 Å². The lowest BCUT2D eigenvalue weighted by molar-refractivity contribution is -0.145. The number of carboxylic acids is 1. The van der Waals surface area contributed by atoms with Gasteiger partial charge in [0.15, 0.2) is 0 Å². The highest BCUT2D eigenvalue weighted by Crippen LogP contribution is 2.40. The van der Waals surface area contributed by atoms with Crippen LogP contribution in [0, 0.1) is 11.8 Å². The van der Waals surface area contributed by atoms with E-state index in [1.54, 1.807) is 12.2 Å². The Morgan fingerprint density at radius 3 is 2.24 bits per heavy atom. The summed E-state index contributed by atoms with van der Waals surface area (Å²) >= 11 is 0. The first-order valence-electron chi connectivity index (χ1n) is 8.17. The van der Waals surface area contributed by atoms with E-state index in [-0.39, 0.29) is 5.91 Å². The Morgan fingerprint density at radius 2 is 1.52 bits per heavy atom. The molecule has 2 aromatic carbocycles. The number of carbonyl (C=O) groups is 2. The average Bonchev–Trinajstić information content (AvgIpc) is 3.24. The Balaban J connectivity index is 1.62. The van der Waals surface area contributed by atoms with E-state index < -0.39 is 30.0 Å². The van der Waals surface area contributed by atoms with E-state index in [1.165, 1.54) is 0 Å². The van der Waals surface area contributed by atoms with Crippen molar-refractivity contribution in [3.05, 3.63) is 66.7 Å². The molecule has 1 amide bonds. The van der Waals surface area contributed by atoms with Gasteiger partial charge in [-0.1, -0.05) is 60.7 Å². The van der Waals surface area contributed by atoms with Crippen molar-refractivity contribution in [1.29, 1.82) is 0 Å². The van der Waals surface area contributed by atoms with Gasteiger partial charge in [-0.3, -0.25) is 9.59 Å². The van der Waals surface area contributed by atoms with Gasteiger partial charge in [0.2, 0.25) is 5.91 Å². The predicted octanol–water partition coefficient (Wildman–Crippen LogP) is 2.95. The first-order chi connectivity index (χ1) is 12.1. The van der Waals surface area contributed by atoms with Gasteiger partial charge < -0.3 is 15.2 Å². The highest BCUT2D eigenvalue weighted by Gasteiger charge is 2.53. The highest BCUT2D eigenvalue weighted by molar-refractivity contribution is 5.99. The molecule has 0 saturated carbocycles. The fourth-order valence-corrected chi connectivity index (χ4v) is 3.59. The molecule has 2 aliphatic heterocycles. The van der Waals surface area contributed by atoms with E-state index >= 15 is 0 Å². The summed E-state index contributed by atoms with van der Waals surface area (Å²) in [6.45, 7) is 0. The van der Waals surface area contributed by atoms with Gasteiger partial charge >= 0.3 is 5.97 Å². The zero-order chi connectivity index (χ0) is 17.4. The molecule has 2 aliphatic rings. The Morgan fingerprint density at radius 1 is 0.880 bits per heavy atom. The first-order valence-corrected chi connectivity index (χ1v) is 8.17. The van der Waals surface area contributed by atoms with E-state index in [1.807, 2.05) is 54.6 Å². The van der Waals surface area contributed by atoms with E-state index in [0.29, 0.717) is 5.69 Å². The number of para-hydroxylation sites is 1. The minimum absolute atomic E-state index is 0.326. The van der Waals surface area contributed by atoms with Crippen LogP contribution in [0.15, 0.2) is 66.7 Å². The summed E-state index contributed by atoms with van der Waals surface area (Å²) in [6.07, 6.45) is 2.50. The van der Waals surface area contributed by atoms with Crippen molar-refractivity contribution in [2.45, 2.75) is 12.2 Å². The van der Waals surface area contributed by atoms with Crippen molar-refractivity contribution < 1.29 is 19.4 Å². The maximum absolute atomic E-state index is 12.8. The maximum Gasteiger partial charge on any atom is 0.310 e. The summed E-state index contributed by atoms with van der Waals surface area (Å²) in [5.41, 5.74) is 2.54. The number of nitrogens with one attached hydrogen (secondary N) is 1. The summed E-state index contributed by atoms with van der Waals surface area (Å²) in [5.74, 6) is -2.91. The van der Waals surface area contributed by atoms with E-state index in [2.05, 4.69) is 5.32 Å². The van der Waals surface area contributed by atoms with Crippen LogP contribution in [0.25, 0.3) is 11.1 Å². The minimum Gasteiger partial charge on any atom is -0.481 e. The molecule has 0 aliphatic carbocycles. The Hall–Kier alpha value is -2.92. The molecular weight excluding hydrogens is 318 g/mol. The number of ether oxygens (including phenoxy) is 1. The number of aliphatic carboxylic acids is 1. The van der Waals surface area contributed by atoms with Crippen LogP contribution in [-0.2, 0) is 14.3 Å². The second kappa shape index (κ2) is 6.18. The van der Waals surface area contributed by atoms with Gasteiger partial charge in [-0.05, 0) is 11.6 Å². The van der Waals surface area contributed by atoms with Crippen molar-refractivity contribution in [3.63, 3.8) is 0 Å². The highest BCUT2D eigenvalue weighted by atomic mass is 16.5. The number of amides is 1. The van der Waals surface area contributed by atoms with Crippen LogP contribution in [0.3, 0.4) is 0 Å². The molecule has 126 valence electrons. The molecule has 2 N–H and O–H groups in total. The van der Waals surface area contributed by atoms with Gasteiger partial charge in [0, 0.05) is 11.3 Å². The lowest BCUT2D eigenvalue weighted by atomic mass is 9.82. The molecule has 25 heavy (non-hydrogen) atoms. The van der Waals surface area contributed by atoms with Crippen LogP contribution in [-0.4, -0.2) is 29.2 Å². The van der Waals surface area contributed by atoms with Crippen molar-refractivity contribution in [2.24, 2.45) is 11.8 Å². The lowest BCUT2D eigenvalue weighted by Crippen LogP contribution is -2.39. The quantitative estimate of drug-likeness (QED) is 0.843. The third-order valence-corrected chi connectivity index (χ3v) is 4.76. The summed E-state index contributed by atoms with van der Waals surface area (Å²) < 4.78 is 5.58. The summed E-state index contributed by atoms with van der Waals surface area (Å²) in [5, 5.41) is 12.4. The normalized spacial score (nSPS) is 26.6. The van der Waals surface area contributed by atoms with Crippen LogP contribution < -0.4 is 5.32 Å². The number of hydrogen-bond acceptors (Lipinski definition) is 3. The zero-order valence-corrected chi connectivity index (χ0v) is 13.3. The number of hydrogen-bond donors (Lipinski definition) is 2. The summed E-state index contributed by atoms with van der Waals surface area (Å²) in [7, 11) is 0. The van der Waals surface area contributed by atoms with Crippen molar-refractivity contribution in [2.75, 3.05) is 5.32 Å². The Labute approximate surface area is 144 Å². The molecule has 2 heterocycles. The number of benzene rings is 2. The number of carboxylic acid groups (broad SMARTS) is 1. The number of rotatable bonds is 4. The van der Waals surface area contributed by atoms with Crippen molar-refractivity contribution in [3.8, 4) is 11.1 Å². The third kappa shape index (κ3) is 2.72. The van der Waals surface area contributed by atoms with E-state index in [4.69, 9.17) is 4.74 Å². The second-order valence-electron chi connectivity index (χ2n) is 6.24. The third-order valence-electron chi connectivity index (χ3n) is 4.76. The molecule has 0 spiro atoms. The fourth-order valence-electron chi connectivity index (χ4n) is 3.59. The molecule has 5 nitrogen and oxygen atoms in total. The topological polar surface area (TPSA) is 75.6 Å². The number of fused-ring (bicyclic) bond motifs is 2. The van der Waals surface area contributed by atoms with Crippen LogP contribution >= 0.6 is 0 Å². The standard InChI is InChI=1S/C20H17NO4/c22-19(17-15-10-11-16(25-15)18(17)20(23)24)21-14-9-5-4-8-13(14)12-6-2-1-3-7-12/h1-11,15-18H,(H,21,22)(H,23,24)/t15-,16+,17-,18-/m0/s1. The molecule has 4 atom stereocenters. The van der Waals surface area contributed by atoms with Crippen LogP contribution in [0.4, 0.5) is 5.69 Å².